The molecule has 1 saturated heterocycles. The van der Waals surface area contributed by atoms with Gasteiger partial charge in [-0.3, -0.25) is 9.80 Å². The molecule has 0 unspecified atom stereocenters. The lowest BCUT2D eigenvalue weighted by Crippen LogP contribution is -2.57. The van der Waals surface area contributed by atoms with Crippen LogP contribution < -0.4 is 0 Å². The Morgan fingerprint density at radius 3 is 2.00 bits per heavy atom. The summed E-state index contributed by atoms with van der Waals surface area (Å²) in [5.74, 6) is 0. The number of piperazine rings is 1. The summed E-state index contributed by atoms with van der Waals surface area (Å²) in [6.45, 7) is 16.0. The highest BCUT2D eigenvalue weighted by molar-refractivity contribution is 4.91. The SMILES string of the molecule is CC(C)N1CCN(C2CC(OC(C)(C)C)C2)CC1. The van der Waals surface area contributed by atoms with Crippen molar-refractivity contribution in [3.05, 3.63) is 0 Å². The molecule has 2 fully saturated rings. The first kappa shape index (κ1) is 14.3. The fraction of sp³-hybridized carbons (Fsp3) is 1.00. The molecule has 0 bridgehead atoms. The zero-order valence-electron chi connectivity index (χ0n) is 12.8. The van der Waals surface area contributed by atoms with Crippen LogP contribution in [-0.2, 0) is 4.74 Å². The molecule has 106 valence electrons. The first-order valence-electron chi connectivity index (χ1n) is 7.51. The highest BCUT2D eigenvalue weighted by atomic mass is 16.5. The zero-order chi connectivity index (χ0) is 13.3. The molecule has 0 spiro atoms. The first-order valence-corrected chi connectivity index (χ1v) is 7.51. The average Bonchev–Trinajstić information content (AvgIpc) is 2.22. The van der Waals surface area contributed by atoms with Crippen molar-refractivity contribution < 1.29 is 4.74 Å². The summed E-state index contributed by atoms with van der Waals surface area (Å²) in [6.07, 6.45) is 2.97. The lowest BCUT2D eigenvalue weighted by atomic mass is 9.86. The second kappa shape index (κ2) is 5.48. The fourth-order valence-corrected chi connectivity index (χ4v) is 3.05. The van der Waals surface area contributed by atoms with Gasteiger partial charge in [-0.15, -0.1) is 0 Å². The van der Waals surface area contributed by atoms with Gasteiger partial charge in [0, 0.05) is 38.3 Å². The van der Waals surface area contributed by atoms with Gasteiger partial charge < -0.3 is 4.74 Å². The molecule has 2 aliphatic rings. The van der Waals surface area contributed by atoms with Gasteiger partial charge in [-0.25, -0.2) is 0 Å². The summed E-state index contributed by atoms with van der Waals surface area (Å²) < 4.78 is 6.02. The van der Waals surface area contributed by atoms with Crippen LogP contribution in [-0.4, -0.2) is 59.8 Å². The van der Waals surface area contributed by atoms with Crippen LogP contribution in [0.15, 0.2) is 0 Å². The van der Waals surface area contributed by atoms with Crippen molar-refractivity contribution >= 4 is 0 Å². The van der Waals surface area contributed by atoms with E-state index in [0.717, 1.165) is 6.04 Å². The van der Waals surface area contributed by atoms with Gasteiger partial charge >= 0.3 is 0 Å². The number of hydrogen-bond donors (Lipinski definition) is 0. The van der Waals surface area contributed by atoms with Crippen molar-refractivity contribution in [1.82, 2.24) is 9.80 Å². The van der Waals surface area contributed by atoms with Crippen molar-refractivity contribution in [2.24, 2.45) is 0 Å². The monoisotopic (exact) mass is 254 g/mol. The smallest absolute Gasteiger partial charge is 0.0612 e. The van der Waals surface area contributed by atoms with E-state index in [0.29, 0.717) is 12.1 Å². The van der Waals surface area contributed by atoms with E-state index in [2.05, 4.69) is 44.4 Å². The number of ether oxygens (including phenoxy) is 1. The van der Waals surface area contributed by atoms with E-state index in [1.54, 1.807) is 0 Å². The first-order chi connectivity index (χ1) is 8.35. The van der Waals surface area contributed by atoms with Crippen LogP contribution in [0.25, 0.3) is 0 Å². The molecular weight excluding hydrogens is 224 g/mol. The van der Waals surface area contributed by atoms with Crippen molar-refractivity contribution in [2.45, 2.75) is 71.2 Å². The van der Waals surface area contributed by atoms with Crippen molar-refractivity contribution in [3.8, 4) is 0 Å². The summed E-state index contributed by atoms with van der Waals surface area (Å²) in [5, 5.41) is 0. The minimum atomic E-state index is 0.0198. The topological polar surface area (TPSA) is 15.7 Å². The summed E-state index contributed by atoms with van der Waals surface area (Å²) in [5.41, 5.74) is 0.0198. The van der Waals surface area contributed by atoms with Crippen molar-refractivity contribution in [3.63, 3.8) is 0 Å². The van der Waals surface area contributed by atoms with E-state index in [4.69, 9.17) is 4.74 Å². The maximum absolute atomic E-state index is 6.02. The largest absolute Gasteiger partial charge is 0.373 e. The van der Waals surface area contributed by atoms with Crippen LogP contribution in [0.1, 0.15) is 47.5 Å². The highest BCUT2D eigenvalue weighted by Gasteiger charge is 2.37. The molecule has 1 heterocycles. The van der Waals surface area contributed by atoms with Crippen molar-refractivity contribution in [2.75, 3.05) is 26.2 Å². The van der Waals surface area contributed by atoms with Gasteiger partial charge in [-0.1, -0.05) is 0 Å². The minimum absolute atomic E-state index is 0.0198. The summed E-state index contributed by atoms with van der Waals surface area (Å²) in [6, 6.07) is 1.48. The number of rotatable bonds is 3. The molecule has 3 heteroatoms. The molecule has 0 aromatic carbocycles. The Balaban J connectivity index is 1.68. The Morgan fingerprint density at radius 2 is 1.56 bits per heavy atom. The van der Waals surface area contributed by atoms with E-state index in [9.17, 15) is 0 Å². The van der Waals surface area contributed by atoms with Gasteiger partial charge in [0.15, 0.2) is 0 Å². The van der Waals surface area contributed by atoms with E-state index in [1.807, 2.05) is 0 Å². The highest BCUT2D eigenvalue weighted by Crippen LogP contribution is 2.32. The molecule has 0 amide bonds. The van der Waals surface area contributed by atoms with Crippen LogP contribution in [0.2, 0.25) is 0 Å². The molecule has 3 nitrogen and oxygen atoms in total. The second-order valence-electron chi connectivity index (χ2n) is 7.14. The lowest BCUT2D eigenvalue weighted by molar-refractivity contribution is -0.124. The molecule has 2 rings (SSSR count). The standard InChI is InChI=1S/C15H30N2O/c1-12(2)16-6-8-17(9-7-16)13-10-14(11-13)18-15(3,4)5/h12-14H,6-11H2,1-5H3. The zero-order valence-corrected chi connectivity index (χ0v) is 12.8. The van der Waals surface area contributed by atoms with E-state index < -0.39 is 0 Å². The number of nitrogens with zero attached hydrogens (tertiary/aromatic N) is 2. The third-order valence-electron chi connectivity index (χ3n) is 4.19. The molecule has 0 atom stereocenters. The second-order valence-corrected chi connectivity index (χ2v) is 7.14. The van der Waals surface area contributed by atoms with Gasteiger partial charge in [0.2, 0.25) is 0 Å². The Bertz CT molecular complexity index is 258. The fourth-order valence-electron chi connectivity index (χ4n) is 3.05. The summed E-state index contributed by atoms with van der Waals surface area (Å²) in [4.78, 5) is 5.25. The van der Waals surface area contributed by atoms with Crippen LogP contribution in [0, 0.1) is 0 Å². The molecule has 1 aliphatic heterocycles. The number of hydrogen-bond acceptors (Lipinski definition) is 3. The normalized spacial score (nSPS) is 31.7. The van der Waals surface area contributed by atoms with Gasteiger partial charge in [-0.05, 0) is 47.5 Å². The Kier molecular flexibility index (Phi) is 4.35. The van der Waals surface area contributed by atoms with Gasteiger partial charge in [0.25, 0.3) is 0 Å². The van der Waals surface area contributed by atoms with Gasteiger partial charge in [0.05, 0.1) is 11.7 Å². The van der Waals surface area contributed by atoms with E-state index in [1.165, 1.54) is 39.0 Å². The molecule has 0 aromatic rings. The maximum atomic E-state index is 6.02. The quantitative estimate of drug-likeness (QED) is 0.769. The third-order valence-corrected chi connectivity index (χ3v) is 4.19. The Hall–Kier alpha value is -0.120. The Labute approximate surface area is 112 Å². The molecular formula is C15H30N2O. The molecule has 0 radical (unpaired) electrons. The van der Waals surface area contributed by atoms with Crippen LogP contribution in [0.5, 0.6) is 0 Å². The predicted octanol–water partition coefficient (Wildman–Crippen LogP) is 2.36. The Morgan fingerprint density at radius 1 is 1.00 bits per heavy atom. The van der Waals surface area contributed by atoms with Crippen LogP contribution >= 0.6 is 0 Å². The molecule has 18 heavy (non-hydrogen) atoms. The minimum Gasteiger partial charge on any atom is -0.373 e. The van der Waals surface area contributed by atoms with Crippen LogP contribution in [0.3, 0.4) is 0 Å². The van der Waals surface area contributed by atoms with Gasteiger partial charge in [0.1, 0.15) is 0 Å². The average molecular weight is 254 g/mol. The van der Waals surface area contributed by atoms with E-state index in [-0.39, 0.29) is 5.60 Å². The predicted molar refractivity (Wildman–Crippen MR) is 75.9 cm³/mol. The van der Waals surface area contributed by atoms with Crippen molar-refractivity contribution in [1.29, 1.82) is 0 Å². The summed E-state index contributed by atoms with van der Waals surface area (Å²) in [7, 11) is 0. The third kappa shape index (κ3) is 3.69. The molecule has 0 N–H and O–H groups in total. The molecule has 0 aromatic heterocycles. The molecule has 1 aliphatic carbocycles. The van der Waals surface area contributed by atoms with Crippen LogP contribution in [0.4, 0.5) is 0 Å². The molecule has 1 saturated carbocycles. The van der Waals surface area contributed by atoms with Gasteiger partial charge in [-0.2, -0.15) is 0 Å². The lowest BCUT2D eigenvalue weighted by Gasteiger charge is -2.48. The van der Waals surface area contributed by atoms with E-state index >= 15 is 0 Å². The summed E-state index contributed by atoms with van der Waals surface area (Å²) >= 11 is 0. The maximum Gasteiger partial charge on any atom is 0.0612 e.